The molecule has 0 aromatic rings. The van der Waals surface area contributed by atoms with Gasteiger partial charge in [0, 0.05) is 6.61 Å². The van der Waals surface area contributed by atoms with E-state index in [1.807, 2.05) is 0 Å². The van der Waals surface area contributed by atoms with E-state index >= 15 is 0 Å². The predicted octanol–water partition coefficient (Wildman–Crippen LogP) is 4.25. The van der Waals surface area contributed by atoms with Gasteiger partial charge in [-0.15, -0.1) is 0 Å². The molecule has 0 radical (unpaired) electrons. The molecule has 3 unspecified atom stereocenters. The van der Waals surface area contributed by atoms with Crippen LogP contribution in [0.4, 0.5) is 0 Å². The molecule has 0 aliphatic carbocycles. The highest BCUT2D eigenvalue weighted by atomic mass is 16.3. The molecule has 1 N–H and O–H groups in total. The van der Waals surface area contributed by atoms with E-state index in [0.29, 0.717) is 18.4 Å². The minimum Gasteiger partial charge on any atom is -0.396 e. The third-order valence-electron chi connectivity index (χ3n) is 3.69. The second kappa shape index (κ2) is 9.21. The Labute approximate surface area is 96.3 Å². The first-order chi connectivity index (χ1) is 7.19. The third kappa shape index (κ3) is 6.19. The zero-order chi connectivity index (χ0) is 11.7. The van der Waals surface area contributed by atoms with Gasteiger partial charge in [0.15, 0.2) is 0 Å². The summed E-state index contributed by atoms with van der Waals surface area (Å²) < 4.78 is 0. The maximum Gasteiger partial charge on any atom is 0.0461 e. The van der Waals surface area contributed by atoms with E-state index in [-0.39, 0.29) is 0 Å². The number of hydrogen-bond donors (Lipinski definition) is 1. The number of aliphatic hydroxyl groups excluding tert-OH is 1. The van der Waals surface area contributed by atoms with E-state index in [1.54, 1.807) is 0 Å². The molecule has 0 aliphatic heterocycles. The molecule has 0 saturated carbocycles. The van der Waals surface area contributed by atoms with Gasteiger partial charge in [0.25, 0.3) is 0 Å². The van der Waals surface area contributed by atoms with Crippen molar-refractivity contribution in [2.45, 2.75) is 66.2 Å². The van der Waals surface area contributed by atoms with Gasteiger partial charge < -0.3 is 5.11 Å². The number of hydrogen-bond acceptors (Lipinski definition) is 1. The van der Waals surface area contributed by atoms with Crippen LogP contribution < -0.4 is 0 Å². The van der Waals surface area contributed by atoms with Gasteiger partial charge >= 0.3 is 0 Å². The monoisotopic (exact) mass is 214 g/mol. The zero-order valence-electron chi connectivity index (χ0n) is 11.1. The average molecular weight is 214 g/mol. The van der Waals surface area contributed by atoms with Gasteiger partial charge in [-0.25, -0.2) is 0 Å². The zero-order valence-corrected chi connectivity index (χ0v) is 11.1. The van der Waals surface area contributed by atoms with Crippen molar-refractivity contribution in [2.24, 2.45) is 17.8 Å². The van der Waals surface area contributed by atoms with Gasteiger partial charge in [-0.3, -0.25) is 0 Å². The predicted molar refractivity (Wildman–Crippen MR) is 68.0 cm³/mol. The summed E-state index contributed by atoms with van der Waals surface area (Å²) in [5.41, 5.74) is 0. The molecule has 0 saturated heterocycles. The summed E-state index contributed by atoms with van der Waals surface area (Å²) in [5, 5.41) is 9.44. The topological polar surface area (TPSA) is 20.2 Å². The highest BCUT2D eigenvalue weighted by molar-refractivity contribution is 4.70. The molecule has 0 spiro atoms. The van der Waals surface area contributed by atoms with Crippen molar-refractivity contribution >= 4 is 0 Å². The van der Waals surface area contributed by atoms with Gasteiger partial charge in [-0.2, -0.15) is 0 Å². The van der Waals surface area contributed by atoms with Crippen LogP contribution in [0.2, 0.25) is 0 Å². The first kappa shape index (κ1) is 15.0. The highest BCUT2D eigenvalue weighted by Gasteiger charge is 2.19. The van der Waals surface area contributed by atoms with Gasteiger partial charge in [0.05, 0.1) is 0 Å². The van der Waals surface area contributed by atoms with Gasteiger partial charge in [-0.1, -0.05) is 59.8 Å². The molecule has 0 aromatic carbocycles. The molecular formula is C14H30O. The second-order valence-electron chi connectivity index (χ2n) is 5.01. The van der Waals surface area contributed by atoms with Crippen molar-refractivity contribution in [1.29, 1.82) is 0 Å². The molecule has 1 heteroatoms. The molecule has 0 bridgehead atoms. The maximum absolute atomic E-state index is 9.44. The molecule has 0 heterocycles. The van der Waals surface area contributed by atoms with Crippen molar-refractivity contribution in [2.75, 3.05) is 6.61 Å². The van der Waals surface area contributed by atoms with Crippen LogP contribution in [0.3, 0.4) is 0 Å². The number of aliphatic hydroxyl groups is 1. The highest BCUT2D eigenvalue weighted by Crippen LogP contribution is 2.27. The minimum absolute atomic E-state index is 0.376. The summed E-state index contributed by atoms with van der Waals surface area (Å²) in [5.74, 6) is 2.04. The normalized spacial score (nSPS) is 17.4. The third-order valence-corrected chi connectivity index (χ3v) is 3.69. The van der Waals surface area contributed by atoms with Crippen LogP contribution >= 0.6 is 0 Å². The lowest BCUT2D eigenvalue weighted by molar-refractivity contribution is 0.146. The fourth-order valence-corrected chi connectivity index (χ4v) is 2.50. The van der Waals surface area contributed by atoms with Crippen LogP contribution in [0.5, 0.6) is 0 Å². The molecule has 0 fully saturated rings. The molecule has 1 nitrogen and oxygen atoms in total. The van der Waals surface area contributed by atoms with Gasteiger partial charge in [0.2, 0.25) is 0 Å². The molecular weight excluding hydrogens is 184 g/mol. The Kier molecular flexibility index (Phi) is 9.18. The van der Waals surface area contributed by atoms with E-state index in [2.05, 4.69) is 27.7 Å². The Morgan fingerprint density at radius 2 is 1.60 bits per heavy atom. The van der Waals surface area contributed by atoms with Crippen LogP contribution in [0.1, 0.15) is 66.2 Å². The minimum atomic E-state index is 0.376. The Balaban J connectivity index is 4.04. The summed E-state index contributed by atoms with van der Waals surface area (Å²) >= 11 is 0. The van der Waals surface area contributed by atoms with Crippen molar-refractivity contribution in [1.82, 2.24) is 0 Å². The number of rotatable bonds is 9. The Bertz CT molecular complexity index is 133. The first-order valence-corrected chi connectivity index (χ1v) is 6.80. The van der Waals surface area contributed by atoms with E-state index in [1.165, 1.54) is 38.5 Å². The first-order valence-electron chi connectivity index (χ1n) is 6.80. The van der Waals surface area contributed by atoms with E-state index in [0.717, 1.165) is 5.92 Å². The SMILES string of the molecule is CCCC(CC)CC(CO)C(C)CCC. The fourth-order valence-electron chi connectivity index (χ4n) is 2.50. The van der Waals surface area contributed by atoms with E-state index in [4.69, 9.17) is 0 Å². The molecule has 15 heavy (non-hydrogen) atoms. The second-order valence-corrected chi connectivity index (χ2v) is 5.01. The lowest BCUT2D eigenvalue weighted by Gasteiger charge is -2.26. The average Bonchev–Trinajstić information content (AvgIpc) is 2.24. The van der Waals surface area contributed by atoms with Gasteiger partial charge in [-0.05, 0) is 24.2 Å². The van der Waals surface area contributed by atoms with Crippen molar-refractivity contribution in [3.8, 4) is 0 Å². The molecule has 3 atom stereocenters. The molecule has 0 rings (SSSR count). The van der Waals surface area contributed by atoms with Crippen LogP contribution in [0.15, 0.2) is 0 Å². The van der Waals surface area contributed by atoms with E-state index < -0.39 is 0 Å². The van der Waals surface area contributed by atoms with Crippen LogP contribution in [-0.4, -0.2) is 11.7 Å². The van der Waals surface area contributed by atoms with Crippen LogP contribution in [-0.2, 0) is 0 Å². The standard InChI is InChI=1S/C14H30O/c1-5-8-12(4)14(11-15)10-13(7-3)9-6-2/h12-15H,5-11H2,1-4H3. The lowest BCUT2D eigenvalue weighted by Crippen LogP contribution is -2.19. The molecule has 0 amide bonds. The smallest absolute Gasteiger partial charge is 0.0461 e. The molecule has 92 valence electrons. The maximum atomic E-state index is 9.44. The van der Waals surface area contributed by atoms with Gasteiger partial charge in [0.1, 0.15) is 0 Å². The van der Waals surface area contributed by atoms with Crippen molar-refractivity contribution in [3.63, 3.8) is 0 Å². The quantitative estimate of drug-likeness (QED) is 0.608. The summed E-state index contributed by atoms with van der Waals surface area (Å²) in [6.07, 6.45) is 7.59. The summed E-state index contributed by atoms with van der Waals surface area (Å²) in [7, 11) is 0. The fraction of sp³-hybridized carbons (Fsp3) is 1.00. The largest absolute Gasteiger partial charge is 0.396 e. The van der Waals surface area contributed by atoms with Crippen molar-refractivity contribution < 1.29 is 5.11 Å². The Morgan fingerprint density at radius 1 is 1.00 bits per heavy atom. The Morgan fingerprint density at radius 3 is 2.00 bits per heavy atom. The Hall–Kier alpha value is -0.0400. The van der Waals surface area contributed by atoms with Crippen LogP contribution in [0.25, 0.3) is 0 Å². The summed E-state index contributed by atoms with van der Waals surface area (Å²) in [6, 6.07) is 0. The van der Waals surface area contributed by atoms with Crippen molar-refractivity contribution in [3.05, 3.63) is 0 Å². The summed E-state index contributed by atoms with van der Waals surface area (Å²) in [4.78, 5) is 0. The molecule has 0 aliphatic rings. The summed E-state index contributed by atoms with van der Waals surface area (Å²) in [6.45, 7) is 9.43. The van der Waals surface area contributed by atoms with Crippen LogP contribution in [0, 0.1) is 17.8 Å². The van der Waals surface area contributed by atoms with E-state index in [9.17, 15) is 5.11 Å². The lowest BCUT2D eigenvalue weighted by atomic mass is 9.81. The molecule has 0 aromatic heterocycles.